The first-order chi connectivity index (χ1) is 10.1. The minimum absolute atomic E-state index is 0.000347. The van der Waals surface area contributed by atoms with E-state index in [1.54, 1.807) is 6.07 Å². The molecule has 0 saturated carbocycles. The van der Waals surface area contributed by atoms with Gasteiger partial charge in [0.2, 0.25) is 11.4 Å². The number of halogens is 6. The zero-order valence-electron chi connectivity index (χ0n) is 10.4. The van der Waals surface area contributed by atoms with E-state index in [-0.39, 0.29) is 23.4 Å². The van der Waals surface area contributed by atoms with Gasteiger partial charge in [0.05, 0.1) is 0 Å². The number of aromatic nitrogens is 1. The van der Waals surface area contributed by atoms with E-state index in [1.807, 2.05) is 0 Å². The summed E-state index contributed by atoms with van der Waals surface area (Å²) in [5.74, 6) is 0. The first-order valence-corrected chi connectivity index (χ1v) is 6.41. The molecule has 0 saturated heterocycles. The van der Waals surface area contributed by atoms with E-state index in [0.29, 0.717) is 4.90 Å². The SMILES string of the molecule is O=CN(c1ccccc1)c1sc(C(F)(F)F)nc1C(F)(F)F. The molecule has 2 aromatic rings. The lowest BCUT2D eigenvalue weighted by molar-refractivity contribution is -0.146. The smallest absolute Gasteiger partial charge is 0.278 e. The van der Waals surface area contributed by atoms with E-state index in [1.165, 1.54) is 24.3 Å². The van der Waals surface area contributed by atoms with Crippen LogP contribution in [0.15, 0.2) is 30.3 Å². The monoisotopic (exact) mass is 340 g/mol. The van der Waals surface area contributed by atoms with E-state index in [9.17, 15) is 31.1 Å². The van der Waals surface area contributed by atoms with Crippen LogP contribution in [0.25, 0.3) is 0 Å². The fraction of sp³-hybridized carbons (Fsp3) is 0.167. The Morgan fingerprint density at radius 3 is 2.05 bits per heavy atom. The number of hydrogen-bond donors (Lipinski definition) is 0. The van der Waals surface area contributed by atoms with Crippen LogP contribution >= 0.6 is 11.3 Å². The van der Waals surface area contributed by atoms with Crippen molar-refractivity contribution in [3.63, 3.8) is 0 Å². The number of amides is 1. The van der Waals surface area contributed by atoms with E-state index in [4.69, 9.17) is 0 Å². The van der Waals surface area contributed by atoms with Crippen molar-refractivity contribution in [3.05, 3.63) is 41.0 Å². The second-order valence-electron chi connectivity index (χ2n) is 3.98. The van der Waals surface area contributed by atoms with Crippen LogP contribution in [0.3, 0.4) is 0 Å². The maximum atomic E-state index is 12.9. The van der Waals surface area contributed by atoms with Gasteiger partial charge in [-0.05, 0) is 12.1 Å². The van der Waals surface area contributed by atoms with Crippen LogP contribution in [-0.2, 0) is 17.1 Å². The van der Waals surface area contributed by atoms with Crippen molar-refractivity contribution in [2.24, 2.45) is 0 Å². The van der Waals surface area contributed by atoms with Gasteiger partial charge < -0.3 is 0 Å². The molecule has 0 aliphatic rings. The van der Waals surface area contributed by atoms with Crippen LogP contribution in [0.1, 0.15) is 10.7 Å². The van der Waals surface area contributed by atoms with Crippen molar-refractivity contribution in [1.29, 1.82) is 0 Å². The Kier molecular flexibility index (Phi) is 4.14. The van der Waals surface area contributed by atoms with Gasteiger partial charge in [-0.2, -0.15) is 26.3 Å². The summed E-state index contributed by atoms with van der Waals surface area (Å²) in [4.78, 5) is 14.2. The number of alkyl halides is 6. The molecular weight excluding hydrogens is 334 g/mol. The van der Waals surface area contributed by atoms with Crippen LogP contribution in [0, 0.1) is 0 Å². The number of carbonyl (C=O) groups excluding carboxylic acids is 1. The third-order valence-electron chi connectivity index (χ3n) is 2.48. The Balaban J connectivity index is 2.62. The van der Waals surface area contributed by atoms with Crippen LogP contribution in [0.2, 0.25) is 0 Å². The van der Waals surface area contributed by atoms with Gasteiger partial charge in [-0.15, -0.1) is 0 Å². The van der Waals surface area contributed by atoms with E-state index < -0.39 is 28.1 Å². The maximum Gasteiger partial charge on any atom is 0.443 e. The molecule has 0 radical (unpaired) electrons. The Morgan fingerprint density at radius 2 is 1.59 bits per heavy atom. The number of benzene rings is 1. The molecule has 10 heteroatoms. The molecule has 0 N–H and O–H groups in total. The molecule has 118 valence electrons. The highest BCUT2D eigenvalue weighted by Crippen LogP contribution is 2.45. The van der Waals surface area contributed by atoms with Gasteiger partial charge in [0, 0.05) is 5.69 Å². The van der Waals surface area contributed by atoms with E-state index in [0.717, 1.165) is 0 Å². The Morgan fingerprint density at radius 1 is 1.00 bits per heavy atom. The van der Waals surface area contributed by atoms with E-state index in [2.05, 4.69) is 4.98 Å². The molecule has 2 rings (SSSR count). The molecule has 0 atom stereocenters. The van der Waals surface area contributed by atoms with Crippen molar-refractivity contribution in [3.8, 4) is 0 Å². The van der Waals surface area contributed by atoms with Crippen LogP contribution in [-0.4, -0.2) is 11.4 Å². The molecule has 1 aromatic heterocycles. The number of carbonyl (C=O) groups is 1. The summed E-state index contributed by atoms with van der Waals surface area (Å²) in [5.41, 5.74) is -1.75. The van der Waals surface area contributed by atoms with Gasteiger partial charge >= 0.3 is 12.4 Å². The fourth-order valence-corrected chi connectivity index (χ4v) is 2.54. The summed E-state index contributed by atoms with van der Waals surface area (Å²) in [6.45, 7) is 0. The zero-order valence-corrected chi connectivity index (χ0v) is 11.3. The molecule has 0 bridgehead atoms. The fourth-order valence-electron chi connectivity index (χ4n) is 1.60. The molecule has 1 heterocycles. The molecule has 1 amide bonds. The first-order valence-electron chi connectivity index (χ1n) is 5.59. The largest absolute Gasteiger partial charge is 0.443 e. The average molecular weight is 340 g/mol. The van der Waals surface area contributed by atoms with Crippen LogP contribution in [0.5, 0.6) is 0 Å². The predicted molar refractivity (Wildman–Crippen MR) is 66.8 cm³/mol. The first kappa shape index (κ1) is 16.3. The van der Waals surface area contributed by atoms with Crippen LogP contribution in [0.4, 0.5) is 37.0 Å². The van der Waals surface area contributed by atoms with Gasteiger partial charge in [0.1, 0.15) is 5.00 Å². The molecule has 1 aromatic carbocycles. The van der Waals surface area contributed by atoms with Gasteiger partial charge in [0.15, 0.2) is 5.69 Å². The number of rotatable bonds is 3. The quantitative estimate of drug-likeness (QED) is 0.610. The Labute approximate surface area is 123 Å². The lowest BCUT2D eigenvalue weighted by Crippen LogP contribution is -2.18. The molecule has 0 aliphatic carbocycles. The van der Waals surface area contributed by atoms with Crippen molar-refractivity contribution in [1.82, 2.24) is 4.98 Å². The van der Waals surface area contributed by atoms with Crippen molar-refractivity contribution < 1.29 is 31.1 Å². The second-order valence-corrected chi connectivity index (χ2v) is 4.96. The summed E-state index contributed by atoms with van der Waals surface area (Å²) in [6, 6.07) is 7.00. The molecule has 0 aliphatic heterocycles. The molecular formula is C12H6F6N2OS. The minimum atomic E-state index is -5.12. The van der Waals surface area contributed by atoms with Crippen molar-refractivity contribution in [2.75, 3.05) is 4.90 Å². The molecule has 0 unspecified atom stereocenters. The highest BCUT2D eigenvalue weighted by molar-refractivity contribution is 7.16. The maximum absolute atomic E-state index is 12.9. The Bertz CT molecular complexity index is 664. The second kappa shape index (κ2) is 5.59. The number of anilines is 2. The third kappa shape index (κ3) is 3.21. The third-order valence-corrected chi connectivity index (χ3v) is 3.58. The molecule has 0 fully saturated rings. The topological polar surface area (TPSA) is 33.2 Å². The molecule has 0 spiro atoms. The lowest BCUT2D eigenvalue weighted by Gasteiger charge is -2.17. The van der Waals surface area contributed by atoms with Crippen molar-refractivity contribution in [2.45, 2.75) is 12.4 Å². The number of para-hydroxylation sites is 1. The number of nitrogens with zero attached hydrogens (tertiary/aromatic N) is 2. The predicted octanol–water partition coefficient (Wildman–Crippen LogP) is 4.48. The van der Waals surface area contributed by atoms with Crippen LogP contribution < -0.4 is 4.90 Å². The number of thiazole rings is 1. The van der Waals surface area contributed by atoms with Gasteiger partial charge in [-0.25, -0.2) is 4.98 Å². The Hall–Kier alpha value is -2.10. The highest BCUT2D eigenvalue weighted by atomic mass is 32.1. The average Bonchev–Trinajstić information content (AvgIpc) is 2.86. The van der Waals surface area contributed by atoms with Gasteiger partial charge in [-0.1, -0.05) is 29.5 Å². The lowest BCUT2D eigenvalue weighted by atomic mass is 10.3. The summed E-state index contributed by atoms with van der Waals surface area (Å²) in [7, 11) is 0. The standard InChI is InChI=1S/C12H6F6N2OS/c13-11(14,15)8-9(22-10(19-8)12(16,17)18)20(6-21)7-4-2-1-3-5-7/h1-6H. The van der Waals surface area contributed by atoms with E-state index >= 15 is 0 Å². The zero-order chi connectivity index (χ0) is 16.5. The molecule has 3 nitrogen and oxygen atoms in total. The highest BCUT2D eigenvalue weighted by Gasteiger charge is 2.44. The number of hydrogen-bond acceptors (Lipinski definition) is 3. The summed E-state index contributed by atoms with van der Waals surface area (Å²) in [5, 5.41) is -2.60. The normalized spacial score (nSPS) is 12.3. The van der Waals surface area contributed by atoms with Crippen molar-refractivity contribution >= 4 is 28.4 Å². The molecule has 22 heavy (non-hydrogen) atoms. The minimum Gasteiger partial charge on any atom is -0.278 e. The summed E-state index contributed by atoms with van der Waals surface area (Å²) in [6.07, 6.45) is -10.1. The van der Waals surface area contributed by atoms with Gasteiger partial charge in [-0.3, -0.25) is 9.69 Å². The van der Waals surface area contributed by atoms with Gasteiger partial charge in [0.25, 0.3) is 0 Å². The summed E-state index contributed by atoms with van der Waals surface area (Å²) >= 11 is -0.241. The summed E-state index contributed by atoms with van der Waals surface area (Å²) < 4.78 is 76.5.